The van der Waals surface area contributed by atoms with Gasteiger partial charge in [0.25, 0.3) is 5.91 Å². The minimum Gasteiger partial charge on any atom is -0.492 e. The molecule has 0 aromatic heterocycles. The van der Waals surface area contributed by atoms with E-state index in [4.69, 9.17) is 9.47 Å². The van der Waals surface area contributed by atoms with Gasteiger partial charge in [-0.05, 0) is 36.4 Å². The van der Waals surface area contributed by atoms with Gasteiger partial charge in [-0.25, -0.2) is 4.79 Å². The summed E-state index contributed by atoms with van der Waals surface area (Å²) in [6, 6.07) is 12.6. The van der Waals surface area contributed by atoms with Crippen LogP contribution in [0.3, 0.4) is 0 Å². The predicted molar refractivity (Wildman–Crippen MR) is 86.7 cm³/mol. The molecule has 0 saturated carbocycles. The number of amides is 1. The van der Waals surface area contributed by atoms with Crippen LogP contribution in [0.2, 0.25) is 0 Å². The van der Waals surface area contributed by atoms with Crippen LogP contribution in [0.15, 0.2) is 54.6 Å². The highest BCUT2D eigenvalue weighted by Crippen LogP contribution is 2.29. The molecule has 138 valence electrons. The van der Waals surface area contributed by atoms with Crippen LogP contribution < -0.4 is 10.1 Å². The molecule has 0 spiro atoms. The lowest BCUT2D eigenvalue weighted by Gasteiger charge is -2.09. The summed E-state index contributed by atoms with van der Waals surface area (Å²) in [4.78, 5) is 23.3. The molecule has 2 rings (SSSR count). The van der Waals surface area contributed by atoms with Crippen molar-refractivity contribution in [3.8, 4) is 5.75 Å². The van der Waals surface area contributed by atoms with Crippen molar-refractivity contribution in [2.45, 2.75) is 6.18 Å². The number of ether oxygens (including phenoxy) is 2. The van der Waals surface area contributed by atoms with E-state index in [1.54, 1.807) is 12.1 Å². The Labute approximate surface area is 147 Å². The maximum absolute atomic E-state index is 12.5. The molecule has 0 saturated heterocycles. The fourth-order valence-electron chi connectivity index (χ4n) is 1.94. The third-order valence-electron chi connectivity index (χ3n) is 3.22. The average molecular weight is 367 g/mol. The lowest BCUT2D eigenvalue weighted by molar-refractivity contribution is -0.137. The fraction of sp³-hybridized carbons (Fsp3) is 0.222. The molecule has 2 aromatic carbocycles. The number of rotatable bonds is 7. The van der Waals surface area contributed by atoms with Gasteiger partial charge in [-0.1, -0.05) is 18.2 Å². The first-order chi connectivity index (χ1) is 12.4. The Balaban J connectivity index is 1.69. The van der Waals surface area contributed by atoms with Gasteiger partial charge in [0.05, 0.1) is 17.7 Å². The minimum atomic E-state index is -4.48. The number of benzene rings is 2. The summed E-state index contributed by atoms with van der Waals surface area (Å²) in [5.41, 5.74) is -0.941. The second-order valence-corrected chi connectivity index (χ2v) is 5.16. The van der Waals surface area contributed by atoms with E-state index in [0.717, 1.165) is 24.3 Å². The van der Waals surface area contributed by atoms with Crippen molar-refractivity contribution >= 4 is 11.9 Å². The van der Waals surface area contributed by atoms with Gasteiger partial charge in [-0.2, -0.15) is 13.2 Å². The molecule has 0 unspecified atom stereocenters. The first kappa shape index (κ1) is 19.3. The molecule has 2 aromatic rings. The molecule has 0 heterocycles. The van der Waals surface area contributed by atoms with Gasteiger partial charge in [-0.15, -0.1) is 0 Å². The number of hydrogen-bond donors (Lipinski definition) is 1. The SMILES string of the molecule is O=C(COC(=O)c1ccc(C(F)(F)F)cc1)NCCOc1ccccc1. The number of hydrogen-bond acceptors (Lipinski definition) is 4. The smallest absolute Gasteiger partial charge is 0.416 e. The Bertz CT molecular complexity index is 730. The van der Waals surface area contributed by atoms with Crippen LogP contribution in [0.25, 0.3) is 0 Å². The Morgan fingerprint density at radius 3 is 2.23 bits per heavy atom. The summed E-state index contributed by atoms with van der Waals surface area (Å²) in [6.07, 6.45) is -4.48. The van der Waals surface area contributed by atoms with Crippen LogP contribution in [0, 0.1) is 0 Å². The van der Waals surface area contributed by atoms with E-state index in [1.165, 1.54) is 0 Å². The van der Waals surface area contributed by atoms with Crippen LogP contribution in [-0.2, 0) is 15.7 Å². The van der Waals surface area contributed by atoms with E-state index < -0.39 is 30.2 Å². The molecular weight excluding hydrogens is 351 g/mol. The first-order valence-corrected chi connectivity index (χ1v) is 7.65. The molecule has 1 N–H and O–H groups in total. The number of carbonyl (C=O) groups is 2. The molecular formula is C18H16F3NO4. The Morgan fingerprint density at radius 1 is 0.962 bits per heavy atom. The molecule has 26 heavy (non-hydrogen) atoms. The van der Waals surface area contributed by atoms with Crippen molar-refractivity contribution in [3.63, 3.8) is 0 Å². The number of carbonyl (C=O) groups excluding carboxylic acids is 2. The van der Waals surface area contributed by atoms with Crippen LogP contribution in [-0.4, -0.2) is 31.6 Å². The zero-order valence-corrected chi connectivity index (χ0v) is 13.6. The summed E-state index contributed by atoms with van der Waals surface area (Å²) < 4.78 is 47.5. The lowest BCUT2D eigenvalue weighted by Crippen LogP contribution is -2.32. The monoisotopic (exact) mass is 367 g/mol. The molecule has 0 atom stereocenters. The lowest BCUT2D eigenvalue weighted by atomic mass is 10.1. The maximum Gasteiger partial charge on any atom is 0.416 e. The fourth-order valence-corrected chi connectivity index (χ4v) is 1.94. The molecule has 0 bridgehead atoms. The minimum absolute atomic E-state index is 0.0711. The Kier molecular flexibility index (Phi) is 6.60. The van der Waals surface area contributed by atoms with Crippen molar-refractivity contribution in [1.29, 1.82) is 0 Å². The van der Waals surface area contributed by atoms with E-state index in [2.05, 4.69) is 5.32 Å². The molecule has 5 nitrogen and oxygen atoms in total. The summed E-state index contributed by atoms with van der Waals surface area (Å²) in [5, 5.41) is 2.50. The maximum atomic E-state index is 12.5. The zero-order chi connectivity index (χ0) is 19.0. The second kappa shape index (κ2) is 8.89. The molecule has 8 heteroatoms. The van der Waals surface area contributed by atoms with Gasteiger partial charge in [-0.3, -0.25) is 4.79 Å². The Morgan fingerprint density at radius 2 is 1.62 bits per heavy atom. The summed E-state index contributed by atoms with van der Waals surface area (Å²) in [7, 11) is 0. The standard InChI is InChI=1S/C18H16F3NO4/c19-18(20,21)14-8-6-13(7-9-14)17(24)26-12-16(23)22-10-11-25-15-4-2-1-3-5-15/h1-9H,10-12H2,(H,22,23). The quantitative estimate of drug-likeness (QED) is 0.604. The van der Waals surface area contributed by atoms with E-state index >= 15 is 0 Å². The molecule has 0 aliphatic rings. The van der Waals surface area contributed by atoms with Crippen LogP contribution in [0.1, 0.15) is 15.9 Å². The third-order valence-corrected chi connectivity index (χ3v) is 3.22. The van der Waals surface area contributed by atoms with E-state index in [9.17, 15) is 22.8 Å². The highest BCUT2D eigenvalue weighted by atomic mass is 19.4. The number of halogens is 3. The van der Waals surface area contributed by atoms with Crippen LogP contribution in [0.4, 0.5) is 13.2 Å². The van der Waals surface area contributed by atoms with Gasteiger partial charge in [0.1, 0.15) is 12.4 Å². The topological polar surface area (TPSA) is 64.6 Å². The number of alkyl halides is 3. The van der Waals surface area contributed by atoms with Gasteiger partial charge >= 0.3 is 12.1 Å². The summed E-state index contributed by atoms with van der Waals surface area (Å²) in [6.45, 7) is -0.0840. The van der Waals surface area contributed by atoms with Crippen molar-refractivity contribution in [2.24, 2.45) is 0 Å². The number of nitrogens with one attached hydrogen (secondary N) is 1. The molecule has 0 radical (unpaired) electrons. The van der Waals surface area contributed by atoms with Crippen molar-refractivity contribution in [2.75, 3.05) is 19.8 Å². The van der Waals surface area contributed by atoms with Crippen molar-refractivity contribution < 1.29 is 32.2 Å². The van der Waals surface area contributed by atoms with E-state index in [-0.39, 0.29) is 18.7 Å². The molecule has 0 aliphatic heterocycles. The Hall–Kier alpha value is -3.03. The van der Waals surface area contributed by atoms with E-state index in [0.29, 0.717) is 5.75 Å². The molecule has 0 fully saturated rings. The van der Waals surface area contributed by atoms with Crippen LogP contribution >= 0.6 is 0 Å². The normalized spacial score (nSPS) is 10.9. The zero-order valence-electron chi connectivity index (χ0n) is 13.6. The van der Waals surface area contributed by atoms with Gasteiger partial charge < -0.3 is 14.8 Å². The van der Waals surface area contributed by atoms with E-state index in [1.807, 2.05) is 18.2 Å². The number of para-hydroxylation sites is 1. The van der Waals surface area contributed by atoms with Gasteiger partial charge in [0.2, 0.25) is 0 Å². The highest BCUT2D eigenvalue weighted by molar-refractivity contribution is 5.91. The number of esters is 1. The van der Waals surface area contributed by atoms with Crippen LogP contribution in [0.5, 0.6) is 5.75 Å². The van der Waals surface area contributed by atoms with Crippen molar-refractivity contribution in [1.82, 2.24) is 5.32 Å². The highest BCUT2D eigenvalue weighted by Gasteiger charge is 2.30. The van der Waals surface area contributed by atoms with Crippen molar-refractivity contribution in [3.05, 3.63) is 65.7 Å². The second-order valence-electron chi connectivity index (χ2n) is 5.16. The largest absolute Gasteiger partial charge is 0.492 e. The molecule has 0 aliphatic carbocycles. The first-order valence-electron chi connectivity index (χ1n) is 7.65. The average Bonchev–Trinajstić information content (AvgIpc) is 2.63. The third kappa shape index (κ3) is 6.12. The predicted octanol–water partition coefficient (Wildman–Crippen LogP) is 3.06. The summed E-state index contributed by atoms with van der Waals surface area (Å²) >= 11 is 0. The molecule has 1 amide bonds. The van der Waals surface area contributed by atoms with Gasteiger partial charge in [0, 0.05) is 0 Å². The summed E-state index contributed by atoms with van der Waals surface area (Å²) in [5.74, 6) is -0.758. The van der Waals surface area contributed by atoms with Gasteiger partial charge in [0.15, 0.2) is 6.61 Å².